The molecule has 1 aromatic rings. The Morgan fingerprint density at radius 2 is 1.82 bits per heavy atom. The monoisotopic (exact) mass is 299 g/mol. The first kappa shape index (κ1) is 14.8. The van der Waals surface area contributed by atoms with Crippen molar-refractivity contribution in [3.05, 3.63) is 17.5 Å². The lowest BCUT2D eigenvalue weighted by atomic mass is 10.4. The van der Waals surface area contributed by atoms with Crippen LogP contribution in [0.25, 0.3) is 0 Å². The minimum Gasteiger partial charge on any atom is -0.187 e. The van der Waals surface area contributed by atoms with Crippen molar-refractivity contribution in [3.63, 3.8) is 0 Å². The van der Waals surface area contributed by atoms with E-state index < -0.39 is 10.2 Å². The van der Waals surface area contributed by atoms with Gasteiger partial charge in [-0.25, -0.2) is 0 Å². The lowest BCUT2D eigenvalue weighted by molar-refractivity contribution is 0.435. The fourth-order valence-corrected chi connectivity index (χ4v) is 3.60. The maximum Gasteiger partial charge on any atom is 0.323 e. The van der Waals surface area contributed by atoms with Crippen molar-refractivity contribution in [3.8, 4) is 0 Å². The van der Waals surface area contributed by atoms with E-state index in [0.29, 0.717) is 11.4 Å². The van der Waals surface area contributed by atoms with Crippen molar-refractivity contribution in [2.75, 3.05) is 24.8 Å². The van der Waals surface area contributed by atoms with E-state index in [1.807, 2.05) is 0 Å². The van der Waals surface area contributed by atoms with E-state index in [-0.39, 0.29) is 24.8 Å². The van der Waals surface area contributed by atoms with Gasteiger partial charge in [0.15, 0.2) is 0 Å². The van der Waals surface area contributed by atoms with Crippen molar-refractivity contribution in [1.29, 1.82) is 0 Å². The van der Waals surface area contributed by atoms with Gasteiger partial charge in [-0.1, -0.05) is 0 Å². The van der Waals surface area contributed by atoms with Gasteiger partial charge in [0.2, 0.25) is 0 Å². The molecule has 0 saturated heterocycles. The molecule has 1 rings (SSSR count). The molecule has 0 saturated carbocycles. The lowest BCUT2D eigenvalue weighted by Crippen LogP contribution is -2.39. The summed E-state index contributed by atoms with van der Waals surface area (Å²) in [5.74, 6) is 0.435. The fraction of sp³-hybridized carbons (Fsp3) is 0.667. The van der Waals surface area contributed by atoms with Gasteiger partial charge >= 0.3 is 10.2 Å². The summed E-state index contributed by atoms with van der Waals surface area (Å²) in [6.07, 6.45) is 0. The van der Waals surface area contributed by atoms with Gasteiger partial charge in [-0.3, -0.25) is 0 Å². The first-order valence-corrected chi connectivity index (χ1v) is 7.56. The topological polar surface area (TPSA) is 55.2 Å². The van der Waals surface area contributed by atoms with Gasteiger partial charge < -0.3 is 0 Å². The molecule has 0 aliphatic carbocycles. The van der Waals surface area contributed by atoms with Crippen molar-refractivity contribution >= 4 is 33.4 Å². The second kappa shape index (κ2) is 6.04. The summed E-state index contributed by atoms with van der Waals surface area (Å²) >= 11 is 11.2. The van der Waals surface area contributed by atoms with Crippen molar-refractivity contribution in [2.45, 2.75) is 13.8 Å². The van der Waals surface area contributed by atoms with Gasteiger partial charge in [-0.15, -0.1) is 27.3 Å². The highest BCUT2D eigenvalue weighted by molar-refractivity contribution is 7.87. The zero-order chi connectivity index (χ0) is 13.1. The third-order valence-corrected chi connectivity index (χ3v) is 4.34. The summed E-state index contributed by atoms with van der Waals surface area (Å²) < 4.78 is 26.8. The number of aromatic nitrogens is 2. The summed E-state index contributed by atoms with van der Waals surface area (Å²) in [6.45, 7) is 3.87. The summed E-state index contributed by atoms with van der Waals surface area (Å²) in [5.41, 5.74) is 1.22. The van der Waals surface area contributed by atoms with Crippen LogP contribution in [-0.4, -0.2) is 46.8 Å². The van der Waals surface area contributed by atoms with Crippen LogP contribution >= 0.6 is 23.2 Å². The predicted octanol–water partition coefficient (Wildman–Crippen LogP) is 1.37. The molecule has 1 heterocycles. The summed E-state index contributed by atoms with van der Waals surface area (Å²) in [7, 11) is -3.67. The number of halogens is 2. The maximum atomic E-state index is 12.3. The first-order valence-electron chi connectivity index (χ1n) is 5.09. The van der Waals surface area contributed by atoms with Crippen LogP contribution in [0.5, 0.6) is 0 Å². The molecule has 8 heteroatoms. The van der Waals surface area contributed by atoms with Crippen LogP contribution in [0.2, 0.25) is 0 Å². The van der Waals surface area contributed by atoms with Gasteiger partial charge in [0.05, 0.1) is 11.4 Å². The van der Waals surface area contributed by atoms with Gasteiger partial charge in [0, 0.05) is 24.8 Å². The van der Waals surface area contributed by atoms with Crippen LogP contribution < -0.4 is 0 Å². The van der Waals surface area contributed by atoms with Crippen molar-refractivity contribution < 1.29 is 8.42 Å². The van der Waals surface area contributed by atoms with Crippen LogP contribution in [0, 0.1) is 13.8 Å². The Morgan fingerprint density at radius 1 is 1.29 bits per heavy atom. The molecule has 0 atom stereocenters. The molecule has 0 spiro atoms. The Morgan fingerprint density at radius 3 is 2.18 bits per heavy atom. The Labute approximate surface area is 111 Å². The Balaban J connectivity index is 3.11. The van der Waals surface area contributed by atoms with E-state index >= 15 is 0 Å². The highest BCUT2D eigenvalue weighted by atomic mass is 35.5. The van der Waals surface area contributed by atoms with Crippen LogP contribution in [0.4, 0.5) is 0 Å². The first-order chi connectivity index (χ1) is 7.93. The number of rotatable bonds is 6. The average Bonchev–Trinajstić information content (AvgIpc) is 2.58. The number of alkyl halides is 2. The predicted molar refractivity (Wildman–Crippen MR) is 69.0 cm³/mol. The van der Waals surface area contributed by atoms with E-state index in [4.69, 9.17) is 23.2 Å². The SMILES string of the molecule is Cc1cc(C)n(S(=O)(=O)N(CCCl)CCCl)n1. The molecule has 0 aliphatic rings. The molecule has 0 amide bonds. The van der Waals surface area contributed by atoms with E-state index in [1.54, 1.807) is 19.9 Å². The average molecular weight is 300 g/mol. The standard InChI is InChI=1S/C9H15Cl2N3O2S/c1-8-7-9(2)14(12-8)17(15,16)13(5-3-10)6-4-11/h7H,3-6H2,1-2H3. The number of aryl methyl sites for hydroxylation is 2. The van der Waals surface area contributed by atoms with Gasteiger partial charge in [0.25, 0.3) is 0 Å². The molecular weight excluding hydrogens is 285 g/mol. The number of nitrogens with zero attached hydrogens (tertiary/aromatic N) is 3. The second-order valence-electron chi connectivity index (χ2n) is 3.55. The summed E-state index contributed by atoms with van der Waals surface area (Å²) in [5, 5.41) is 3.97. The Kier molecular flexibility index (Phi) is 5.24. The molecule has 98 valence electrons. The number of hydrogen-bond donors (Lipinski definition) is 0. The van der Waals surface area contributed by atoms with Crippen LogP contribution in [0.15, 0.2) is 6.07 Å². The van der Waals surface area contributed by atoms with E-state index in [2.05, 4.69) is 5.10 Å². The molecule has 0 aliphatic heterocycles. The van der Waals surface area contributed by atoms with E-state index in [0.717, 1.165) is 4.09 Å². The molecule has 0 unspecified atom stereocenters. The molecule has 1 aromatic heterocycles. The lowest BCUT2D eigenvalue weighted by Gasteiger charge is -2.20. The molecule has 0 bridgehead atoms. The molecule has 5 nitrogen and oxygen atoms in total. The van der Waals surface area contributed by atoms with E-state index in [9.17, 15) is 8.42 Å². The Hall–Kier alpha value is -0.300. The molecule has 0 fully saturated rings. The third-order valence-electron chi connectivity index (χ3n) is 2.18. The van der Waals surface area contributed by atoms with Gasteiger partial charge in [0.1, 0.15) is 0 Å². The van der Waals surface area contributed by atoms with Crippen LogP contribution in [-0.2, 0) is 10.2 Å². The summed E-state index contributed by atoms with van der Waals surface area (Å²) in [6, 6.07) is 1.71. The highest BCUT2D eigenvalue weighted by Gasteiger charge is 2.25. The molecular formula is C9H15Cl2N3O2S. The van der Waals surface area contributed by atoms with Gasteiger partial charge in [-0.05, 0) is 19.9 Å². The molecule has 0 N–H and O–H groups in total. The fourth-order valence-electron chi connectivity index (χ4n) is 1.48. The largest absolute Gasteiger partial charge is 0.323 e. The molecule has 0 radical (unpaired) electrons. The summed E-state index contributed by atoms with van der Waals surface area (Å²) in [4.78, 5) is 0. The zero-order valence-corrected chi connectivity index (χ0v) is 12.1. The van der Waals surface area contributed by atoms with Gasteiger partial charge in [-0.2, -0.15) is 17.8 Å². The highest BCUT2D eigenvalue weighted by Crippen LogP contribution is 2.10. The zero-order valence-electron chi connectivity index (χ0n) is 9.73. The van der Waals surface area contributed by atoms with Crippen LogP contribution in [0.1, 0.15) is 11.4 Å². The van der Waals surface area contributed by atoms with Crippen molar-refractivity contribution in [1.82, 2.24) is 13.5 Å². The van der Waals surface area contributed by atoms with Crippen LogP contribution in [0.3, 0.4) is 0 Å². The molecule has 0 aromatic carbocycles. The van der Waals surface area contributed by atoms with E-state index in [1.165, 1.54) is 4.31 Å². The second-order valence-corrected chi connectivity index (χ2v) is 6.07. The maximum absolute atomic E-state index is 12.3. The number of hydrogen-bond acceptors (Lipinski definition) is 3. The third kappa shape index (κ3) is 3.34. The quantitative estimate of drug-likeness (QED) is 0.746. The molecule has 17 heavy (non-hydrogen) atoms. The Bertz CT molecular complexity index is 467. The van der Waals surface area contributed by atoms with Crippen molar-refractivity contribution in [2.24, 2.45) is 0 Å². The minimum absolute atomic E-state index is 0.217. The minimum atomic E-state index is -3.67. The normalized spacial score (nSPS) is 12.3. The smallest absolute Gasteiger partial charge is 0.187 e.